The molecule has 0 aromatic carbocycles. The molecule has 0 atom stereocenters. The Hall–Kier alpha value is -7.12. The third-order valence-corrected chi connectivity index (χ3v) is 3.91. The van der Waals surface area contributed by atoms with Crippen LogP contribution in [0.2, 0.25) is 0 Å². The van der Waals surface area contributed by atoms with Gasteiger partial charge in [-0.05, 0) is 0 Å². The van der Waals surface area contributed by atoms with Gasteiger partial charge in [-0.3, -0.25) is 0 Å². The molecule has 4 heterocycles. The maximum atomic E-state index is 10.2. The van der Waals surface area contributed by atoms with Gasteiger partial charge >= 0.3 is 52.8 Å². The Labute approximate surface area is 292 Å². The number of aromatic carboxylic acids is 4. The SMILES string of the molecule is Nc1nc(N)[nH+]c(N)n1.Nc1nc(N)[nH+]c(N)n1.O.O.O.O.O.O.O=C([O-])c1cc(O)cc(C(=O)[O-])n1.O=C([O-])c1cc(O)cc(C(=O)[O-])n1.[Cu+2]. The van der Waals surface area contributed by atoms with E-state index in [0.717, 1.165) is 24.3 Å². The van der Waals surface area contributed by atoms with Crippen molar-refractivity contribution in [1.82, 2.24) is 29.9 Å². The molecule has 28 N–H and O–H groups in total. The Morgan fingerprint density at radius 1 is 0.451 bits per heavy atom. The van der Waals surface area contributed by atoms with E-state index in [-0.39, 0.29) is 85.6 Å². The minimum absolute atomic E-state index is 0. The Bertz CT molecular complexity index is 1420. The van der Waals surface area contributed by atoms with Gasteiger partial charge in [0, 0.05) is 24.3 Å². The van der Waals surface area contributed by atoms with Crippen LogP contribution in [0.4, 0.5) is 35.7 Å². The van der Waals surface area contributed by atoms with Gasteiger partial charge < -0.3 is 117 Å². The zero-order chi connectivity index (χ0) is 33.7. The van der Waals surface area contributed by atoms with Crippen LogP contribution in [-0.2, 0) is 17.1 Å². The molecular formula is C20H32CuN14O16. The number of hydrogen-bond donors (Lipinski definition) is 8. The average Bonchev–Trinajstić information content (AvgIpc) is 2.87. The fourth-order valence-corrected chi connectivity index (χ4v) is 2.37. The monoisotopic (exact) mass is 787 g/mol. The van der Waals surface area contributed by atoms with Crippen LogP contribution in [0.1, 0.15) is 42.0 Å². The van der Waals surface area contributed by atoms with E-state index in [2.05, 4.69) is 39.9 Å². The number of aromatic nitrogens is 8. The molecule has 0 amide bonds. The van der Waals surface area contributed by atoms with E-state index in [1.54, 1.807) is 0 Å². The van der Waals surface area contributed by atoms with Gasteiger partial charge in [0.1, 0.15) is 11.5 Å². The summed E-state index contributed by atoms with van der Waals surface area (Å²) < 4.78 is 0. The first-order valence-electron chi connectivity index (χ1n) is 10.8. The molecule has 4 rings (SSSR count). The molecule has 4 aromatic heterocycles. The summed E-state index contributed by atoms with van der Waals surface area (Å²) in [5.74, 6) is -6.90. The van der Waals surface area contributed by atoms with Crippen molar-refractivity contribution < 1.29 is 110 Å². The number of carbonyl (C=O) groups is 4. The minimum Gasteiger partial charge on any atom is -0.543 e. The van der Waals surface area contributed by atoms with E-state index in [9.17, 15) is 39.6 Å². The summed E-state index contributed by atoms with van der Waals surface area (Å²) in [5, 5.41) is 58.7. The van der Waals surface area contributed by atoms with Gasteiger partial charge in [0.15, 0.2) is 0 Å². The number of nitrogens with zero attached hydrogens (tertiary/aromatic N) is 6. The van der Waals surface area contributed by atoms with Crippen molar-refractivity contribution in [1.29, 1.82) is 0 Å². The van der Waals surface area contributed by atoms with Gasteiger partial charge in [0.2, 0.25) is 0 Å². The molecule has 51 heavy (non-hydrogen) atoms. The van der Waals surface area contributed by atoms with Crippen LogP contribution < -0.4 is 64.8 Å². The first-order chi connectivity index (χ1) is 20.4. The summed E-state index contributed by atoms with van der Waals surface area (Å²) in [6.45, 7) is 0. The summed E-state index contributed by atoms with van der Waals surface area (Å²) in [7, 11) is 0. The van der Waals surface area contributed by atoms with Crippen LogP contribution in [0, 0.1) is 0 Å². The van der Waals surface area contributed by atoms with Gasteiger partial charge in [-0.2, -0.15) is 0 Å². The normalized spacial score (nSPS) is 8.16. The molecule has 289 valence electrons. The summed E-state index contributed by atoms with van der Waals surface area (Å²) in [4.78, 5) is 66.3. The zero-order valence-corrected chi connectivity index (χ0v) is 25.9. The van der Waals surface area contributed by atoms with Crippen molar-refractivity contribution in [3.05, 3.63) is 47.0 Å². The van der Waals surface area contributed by atoms with Gasteiger partial charge in [0.05, 0.1) is 46.7 Å². The number of nitrogens with one attached hydrogen (secondary N) is 2. The summed E-state index contributed by atoms with van der Waals surface area (Å²) in [6, 6.07) is 3.12. The van der Waals surface area contributed by atoms with Crippen LogP contribution in [0.3, 0.4) is 0 Å². The minimum atomic E-state index is -1.67. The summed E-state index contributed by atoms with van der Waals surface area (Å²) in [6.07, 6.45) is 0. The standard InChI is InChI=1S/2C7H5NO5.2C3H6N6.Cu.6H2O/c2*9-3-1-4(6(10)11)8-5(2-3)7(12)13;2*4-1-7-2(5)9-3(6)8-1;;;;;;;/h2*1-2H,(H,8,9)(H,10,11)(H,12,13);2*(H6,4,5,6,7,8,9);;6*1H2/q;;;;+2;;;;;;/p-2. The van der Waals surface area contributed by atoms with E-state index in [1.165, 1.54) is 0 Å². The van der Waals surface area contributed by atoms with E-state index in [4.69, 9.17) is 44.6 Å². The van der Waals surface area contributed by atoms with Crippen molar-refractivity contribution in [3.8, 4) is 11.5 Å². The van der Waals surface area contributed by atoms with Crippen LogP contribution in [0.5, 0.6) is 11.5 Å². The number of nitrogens with two attached hydrogens (primary N) is 6. The van der Waals surface area contributed by atoms with Crippen LogP contribution in [0.15, 0.2) is 24.3 Å². The van der Waals surface area contributed by atoms with Crippen LogP contribution in [0.25, 0.3) is 0 Å². The van der Waals surface area contributed by atoms with Crippen molar-refractivity contribution in [3.63, 3.8) is 0 Å². The van der Waals surface area contributed by atoms with Crippen molar-refractivity contribution >= 4 is 59.6 Å². The number of nitrogen functional groups attached to an aromatic ring is 6. The molecule has 0 saturated heterocycles. The third-order valence-electron chi connectivity index (χ3n) is 3.91. The van der Waals surface area contributed by atoms with E-state index in [1.807, 2.05) is 0 Å². The Morgan fingerprint density at radius 3 is 0.765 bits per heavy atom. The average molecular weight is 788 g/mol. The molecule has 31 heteroatoms. The first kappa shape index (κ1) is 59.3. The third kappa shape index (κ3) is 22.1. The molecule has 0 aliphatic carbocycles. The van der Waals surface area contributed by atoms with Gasteiger partial charge in [-0.15, -0.1) is 0 Å². The van der Waals surface area contributed by atoms with E-state index < -0.39 is 58.2 Å². The molecule has 0 aliphatic rings. The largest absolute Gasteiger partial charge is 2.00 e. The number of carboxylic acids is 4. The number of hydrogen-bond acceptors (Lipinski definition) is 22. The molecule has 0 aliphatic heterocycles. The number of carboxylic acid groups (broad SMARTS) is 4. The number of rotatable bonds is 4. The summed E-state index contributed by atoms with van der Waals surface area (Å²) in [5.41, 5.74) is 28.5. The molecule has 30 nitrogen and oxygen atoms in total. The van der Waals surface area contributed by atoms with Crippen molar-refractivity contribution in [2.45, 2.75) is 0 Å². The number of aromatic amines is 2. The molecule has 4 aromatic rings. The molecule has 0 spiro atoms. The molecular weight excluding hydrogens is 756 g/mol. The first-order valence-corrected chi connectivity index (χ1v) is 10.8. The predicted molar refractivity (Wildman–Crippen MR) is 154 cm³/mol. The van der Waals surface area contributed by atoms with Crippen molar-refractivity contribution in [2.75, 3.05) is 34.4 Å². The molecule has 0 fully saturated rings. The molecule has 1 radical (unpaired) electrons. The number of aromatic hydroxyl groups is 2. The predicted octanol–water partition coefficient (Wildman–Crippen LogP) is -13.8. The summed E-state index contributed by atoms with van der Waals surface area (Å²) >= 11 is 0. The molecule has 0 saturated carbocycles. The topological polar surface area (TPSA) is 652 Å². The smallest absolute Gasteiger partial charge is 0.543 e. The Balaban J connectivity index is -0.0000000979. The fraction of sp³-hybridized carbons (Fsp3) is 0. The van der Waals surface area contributed by atoms with Crippen LogP contribution in [-0.4, -0.2) is 96.9 Å². The van der Waals surface area contributed by atoms with Crippen molar-refractivity contribution in [2.24, 2.45) is 0 Å². The van der Waals surface area contributed by atoms with E-state index in [0.29, 0.717) is 0 Å². The number of carbonyl (C=O) groups excluding carboxylic acids is 4. The second-order valence-corrected chi connectivity index (χ2v) is 7.30. The van der Waals surface area contributed by atoms with Gasteiger partial charge in [-0.25, -0.2) is 19.9 Å². The van der Waals surface area contributed by atoms with Gasteiger partial charge in [-0.1, -0.05) is 19.9 Å². The van der Waals surface area contributed by atoms with Crippen LogP contribution >= 0.6 is 0 Å². The zero-order valence-electron chi connectivity index (χ0n) is 24.9. The number of anilines is 6. The number of H-pyrrole nitrogens is 2. The Kier molecular flexibility index (Phi) is 31.3. The maximum Gasteiger partial charge on any atom is 2.00 e. The van der Waals surface area contributed by atoms with E-state index >= 15 is 0 Å². The fourth-order valence-electron chi connectivity index (χ4n) is 2.37. The number of pyridine rings is 2. The van der Waals surface area contributed by atoms with Gasteiger partial charge in [0.25, 0.3) is 0 Å². The molecule has 0 unspecified atom stereocenters. The second kappa shape index (κ2) is 26.9. The second-order valence-electron chi connectivity index (χ2n) is 7.30. The quantitative estimate of drug-likeness (QED) is 0.0890. The Morgan fingerprint density at radius 2 is 0.627 bits per heavy atom. The maximum absolute atomic E-state index is 10.2. The molecule has 0 bridgehead atoms.